The Bertz CT molecular complexity index is 3830. The van der Waals surface area contributed by atoms with Crippen molar-refractivity contribution in [2.45, 2.75) is 200 Å². The van der Waals surface area contributed by atoms with Gasteiger partial charge < -0.3 is 11.1 Å². The van der Waals surface area contributed by atoms with E-state index < -0.39 is 30.8 Å². The minimum absolute atomic E-state index is 0.105. The Labute approximate surface area is 498 Å². The molecule has 454 valence electrons. The van der Waals surface area contributed by atoms with Crippen LogP contribution in [0, 0.1) is 0 Å². The first-order valence-corrected chi connectivity index (χ1v) is 36.9. The van der Waals surface area contributed by atoms with Gasteiger partial charge in [-0.3, -0.25) is 32.3 Å². The van der Waals surface area contributed by atoms with Crippen LogP contribution in [-0.2, 0) is 30.8 Å². The highest BCUT2D eigenvalue weighted by atomic mass is 32.2. The molecular weight excluding hydrogens is 1150 g/mol. The Morgan fingerprint density at radius 2 is 0.893 bits per heavy atom. The number of anilines is 1. The molecule has 0 amide bonds. The quantitative estimate of drug-likeness (QED) is 0.0867. The second kappa shape index (κ2) is 25.7. The Morgan fingerprint density at radius 1 is 0.524 bits per heavy atom. The fourth-order valence-corrected chi connectivity index (χ4v) is 15.5. The van der Waals surface area contributed by atoms with Gasteiger partial charge in [0, 0.05) is 114 Å². The van der Waals surface area contributed by atoms with Crippen LogP contribution in [0.5, 0.6) is 0 Å². The van der Waals surface area contributed by atoms with Gasteiger partial charge in [0.05, 0.1) is 23.3 Å². The van der Waals surface area contributed by atoms with Gasteiger partial charge in [0.2, 0.25) is 31.2 Å². The molecule has 6 aliphatic carbocycles. The molecule has 1 unspecified atom stereocenters. The molecule has 21 nitrogen and oxygen atoms in total. The van der Waals surface area contributed by atoms with Crippen LogP contribution in [0.4, 0.5) is 5.95 Å². The molecule has 0 spiro atoms. The maximum Gasteiger partial charge on any atom is 0.255 e. The summed E-state index contributed by atoms with van der Waals surface area (Å²) in [5, 5.41) is 7.26. The summed E-state index contributed by atoms with van der Waals surface area (Å²) >= 11 is 1.53. The van der Waals surface area contributed by atoms with Gasteiger partial charge in [-0.05, 0) is 145 Å². The topological polar surface area (TPSA) is 273 Å². The number of piperidine rings is 2. The monoisotopic (exact) mass is 1230 g/mol. The highest BCUT2D eigenvalue weighted by molar-refractivity contribution is 7.98. The maximum atomic E-state index is 13.3. The number of thioether (sulfide) groups is 1. The van der Waals surface area contributed by atoms with Crippen molar-refractivity contribution in [3.8, 4) is 0 Å². The second-order valence-electron chi connectivity index (χ2n) is 24.5. The van der Waals surface area contributed by atoms with Crippen molar-refractivity contribution < 1.29 is 21.0 Å². The van der Waals surface area contributed by atoms with Crippen molar-refractivity contribution in [2.75, 3.05) is 56.5 Å². The van der Waals surface area contributed by atoms with E-state index in [1.807, 2.05) is 50.5 Å². The number of pyridine rings is 3. The van der Waals surface area contributed by atoms with Crippen LogP contribution in [0.15, 0.2) is 61.5 Å². The highest BCUT2D eigenvalue weighted by Crippen LogP contribution is 2.43. The zero-order valence-corrected chi connectivity index (χ0v) is 52.1. The van der Waals surface area contributed by atoms with E-state index in [0.717, 1.165) is 165 Å². The van der Waals surface area contributed by atoms with Crippen molar-refractivity contribution in [3.05, 3.63) is 84.5 Å². The molecule has 2 aliphatic heterocycles. The minimum Gasteiger partial charge on any atom is -0.351 e. The zero-order chi connectivity index (χ0) is 59.0. The van der Waals surface area contributed by atoms with Crippen LogP contribution in [0.1, 0.15) is 194 Å². The Hall–Kier alpha value is -5.05. The molecule has 8 fully saturated rings. The Morgan fingerprint density at radius 3 is 1.27 bits per heavy atom. The third-order valence-corrected chi connectivity index (χ3v) is 22.0. The van der Waals surface area contributed by atoms with Crippen molar-refractivity contribution in [3.63, 3.8) is 0 Å². The van der Waals surface area contributed by atoms with Crippen LogP contribution in [-0.4, -0.2) is 137 Å². The van der Waals surface area contributed by atoms with Gasteiger partial charge in [0.25, 0.3) is 16.7 Å². The molecule has 2 saturated heterocycles. The molecule has 3 N–H and O–H groups in total. The van der Waals surface area contributed by atoms with Crippen LogP contribution in [0.3, 0.4) is 0 Å². The molecule has 84 heavy (non-hydrogen) atoms. The minimum atomic E-state index is -3.14. The van der Waals surface area contributed by atoms with E-state index in [-0.39, 0.29) is 40.8 Å². The smallest absolute Gasteiger partial charge is 0.255 e. The summed E-state index contributed by atoms with van der Waals surface area (Å²) in [5.41, 5.74) is 11.1. The lowest BCUT2D eigenvalue weighted by Gasteiger charge is -2.30. The first-order valence-electron chi connectivity index (χ1n) is 30.4. The van der Waals surface area contributed by atoms with E-state index in [0.29, 0.717) is 79.6 Å². The summed E-state index contributed by atoms with van der Waals surface area (Å²) in [4.78, 5) is 66.2. The van der Waals surface area contributed by atoms with Crippen LogP contribution in [0.2, 0.25) is 0 Å². The SMILES string of the molecule is CS(=O)(=O)N1CCC(N)CC1.CS(=O)(=O)N1CCC(Nc2ncc3cc(C4CC4)c(=O)n(C4CCCC4)c3n2)CC1.CS(=O)c1ncc2cc(C3CC3)c(=O)n(C3CCCC3)c2n1.CSc1ncc2cc(C3CC3)c(=O)n(C3CCCC3)c2n1. The predicted molar refractivity (Wildman–Crippen MR) is 331 cm³/mol. The number of hydrogen-bond donors (Lipinski definition) is 2. The number of hydrogen-bond acceptors (Lipinski definition) is 17. The lowest BCUT2D eigenvalue weighted by molar-refractivity contribution is 0.322. The van der Waals surface area contributed by atoms with Crippen molar-refractivity contribution in [1.29, 1.82) is 0 Å². The van der Waals surface area contributed by atoms with E-state index in [9.17, 15) is 35.4 Å². The molecule has 25 heteroatoms. The average Bonchev–Trinajstić information content (AvgIpc) is 2.93. The van der Waals surface area contributed by atoms with Gasteiger partial charge >= 0.3 is 0 Å². The normalized spacial score (nSPS) is 21.2. The second-order valence-corrected chi connectivity index (χ2v) is 30.5. The molecule has 14 rings (SSSR count). The van der Waals surface area contributed by atoms with Crippen LogP contribution in [0.25, 0.3) is 33.1 Å². The molecule has 0 radical (unpaired) electrons. The first-order chi connectivity index (χ1) is 40.3. The molecule has 0 bridgehead atoms. The van der Waals surface area contributed by atoms with Gasteiger partial charge in [0.15, 0.2) is 5.16 Å². The summed E-state index contributed by atoms with van der Waals surface area (Å²) in [6.07, 6.45) is 34.5. The number of sulfonamides is 2. The first kappa shape index (κ1) is 60.6. The summed E-state index contributed by atoms with van der Waals surface area (Å²) in [6.45, 7) is 2.17. The molecular formula is C59H81N13O8S4. The van der Waals surface area contributed by atoms with Crippen molar-refractivity contribution >= 4 is 81.7 Å². The fraction of sp³-hybridized carbons (Fsp3) is 0.644. The van der Waals surface area contributed by atoms with Gasteiger partial charge in [-0.2, -0.15) is 4.98 Å². The highest BCUT2D eigenvalue weighted by Gasteiger charge is 2.34. The zero-order valence-electron chi connectivity index (χ0n) is 48.9. The summed E-state index contributed by atoms with van der Waals surface area (Å²) in [5.74, 6) is 1.79. The number of fused-ring (bicyclic) bond motifs is 3. The van der Waals surface area contributed by atoms with E-state index in [4.69, 9.17) is 10.7 Å². The van der Waals surface area contributed by atoms with Gasteiger partial charge in [-0.25, -0.2) is 50.4 Å². The van der Waals surface area contributed by atoms with E-state index in [1.165, 1.54) is 45.7 Å². The van der Waals surface area contributed by atoms with E-state index >= 15 is 0 Å². The molecule has 6 aromatic rings. The van der Waals surface area contributed by atoms with Crippen LogP contribution >= 0.6 is 11.8 Å². The summed E-state index contributed by atoms with van der Waals surface area (Å²) < 4.78 is 65.9. The average molecular weight is 1230 g/mol. The van der Waals surface area contributed by atoms with Crippen LogP contribution < -0.4 is 27.7 Å². The lowest BCUT2D eigenvalue weighted by atomic mass is 10.1. The third-order valence-electron chi connectivity index (χ3n) is 18.1. The lowest BCUT2D eigenvalue weighted by Crippen LogP contribution is -2.42. The molecule has 6 saturated carbocycles. The number of nitrogens with two attached hydrogens (primary N) is 1. The van der Waals surface area contributed by atoms with E-state index in [2.05, 4.69) is 30.2 Å². The van der Waals surface area contributed by atoms with Crippen molar-refractivity contribution in [2.24, 2.45) is 5.73 Å². The molecule has 8 heterocycles. The molecule has 8 aliphatic rings. The predicted octanol–water partition coefficient (Wildman–Crippen LogP) is 8.02. The summed E-state index contributed by atoms with van der Waals surface area (Å²) in [7, 11) is -7.35. The standard InChI is InChI=1S/C21H29N5O3S.C16H19N3O2S.C16H19N3OS.C6H14N2O2S/c1-30(28,29)25-10-8-16(9-11-25)23-21-22-13-15-12-18(14-6-7-14)20(27)26(19(15)24-21)17-4-2-3-5-17;1-22(21)16-17-9-11-8-13(10-6-7-10)15(20)19(14(11)18-16)12-4-2-3-5-12;1-21-16-17-9-11-8-13(10-6-7-10)15(20)19(14(11)18-16)12-4-2-3-5-12;1-11(9,10)8-4-2-6(7)3-5-8/h12-14,16-17H,2-11H2,1H3,(H,22,23,24);8-10,12H,2-7H2,1H3;8-10,12H,2-7H2,1H3;6H,2-5,7H2,1H3. The van der Waals surface area contributed by atoms with Gasteiger partial charge in [0.1, 0.15) is 16.9 Å². The number of nitrogens with zero attached hydrogens (tertiary/aromatic N) is 11. The summed E-state index contributed by atoms with van der Waals surface area (Å²) in [6, 6.07) is 7.05. The van der Waals surface area contributed by atoms with Crippen molar-refractivity contribution in [1.82, 2.24) is 52.2 Å². The van der Waals surface area contributed by atoms with E-state index in [1.54, 1.807) is 12.5 Å². The molecule has 6 aromatic heterocycles. The fourth-order valence-electron chi connectivity index (χ4n) is 13.0. The Balaban J connectivity index is 0.000000123. The number of aromatic nitrogens is 9. The molecule has 1 atom stereocenters. The Kier molecular flexibility index (Phi) is 18.6. The number of rotatable bonds is 12. The third kappa shape index (κ3) is 14.0. The number of nitrogens with one attached hydrogen (secondary N) is 1. The molecule has 0 aromatic carbocycles. The largest absolute Gasteiger partial charge is 0.351 e. The van der Waals surface area contributed by atoms with Gasteiger partial charge in [-0.15, -0.1) is 0 Å². The maximum absolute atomic E-state index is 13.3. The van der Waals surface area contributed by atoms with Gasteiger partial charge in [-0.1, -0.05) is 50.3 Å².